The van der Waals surface area contributed by atoms with E-state index in [-0.39, 0.29) is 5.91 Å². The van der Waals surface area contributed by atoms with E-state index in [0.717, 1.165) is 21.6 Å². The molecule has 0 unspecified atom stereocenters. The molecule has 0 saturated carbocycles. The third kappa shape index (κ3) is 3.54. The van der Waals surface area contributed by atoms with Crippen LogP contribution in [0.4, 0.5) is 0 Å². The molecule has 0 fully saturated rings. The maximum Gasteiger partial charge on any atom is 0.271 e. The van der Waals surface area contributed by atoms with Gasteiger partial charge in [-0.1, -0.05) is 22.0 Å². The average molecular weight is 321 g/mol. The molecule has 2 aromatic rings. The SMILES string of the molecule is Cc1cc(/C=N/NC(=O)c2cccc(Br)c2)c(C)o1. The van der Waals surface area contributed by atoms with Crippen LogP contribution >= 0.6 is 15.9 Å². The summed E-state index contributed by atoms with van der Waals surface area (Å²) in [5, 5.41) is 3.92. The molecule has 4 nitrogen and oxygen atoms in total. The number of rotatable bonds is 3. The first-order chi connectivity index (χ1) is 9.06. The van der Waals surface area contributed by atoms with E-state index in [1.54, 1.807) is 24.4 Å². The summed E-state index contributed by atoms with van der Waals surface area (Å²) in [6.07, 6.45) is 1.57. The smallest absolute Gasteiger partial charge is 0.271 e. The summed E-state index contributed by atoms with van der Waals surface area (Å²) in [6, 6.07) is 8.98. The van der Waals surface area contributed by atoms with Crippen LogP contribution in [0.3, 0.4) is 0 Å². The molecule has 1 aromatic carbocycles. The van der Waals surface area contributed by atoms with Crippen LogP contribution in [0.2, 0.25) is 0 Å². The van der Waals surface area contributed by atoms with Gasteiger partial charge in [0.15, 0.2) is 0 Å². The van der Waals surface area contributed by atoms with Gasteiger partial charge in [0.25, 0.3) is 5.91 Å². The largest absolute Gasteiger partial charge is 0.466 e. The van der Waals surface area contributed by atoms with Gasteiger partial charge in [-0.15, -0.1) is 0 Å². The number of halogens is 1. The summed E-state index contributed by atoms with van der Waals surface area (Å²) in [5.41, 5.74) is 3.88. The fourth-order valence-corrected chi connectivity index (χ4v) is 2.03. The van der Waals surface area contributed by atoms with Crippen molar-refractivity contribution >= 4 is 28.1 Å². The van der Waals surface area contributed by atoms with Crippen LogP contribution in [-0.2, 0) is 0 Å². The van der Waals surface area contributed by atoms with E-state index in [4.69, 9.17) is 4.42 Å². The number of hydrogen-bond donors (Lipinski definition) is 1. The molecule has 0 aliphatic heterocycles. The van der Waals surface area contributed by atoms with E-state index in [9.17, 15) is 4.79 Å². The molecule has 1 heterocycles. The lowest BCUT2D eigenvalue weighted by molar-refractivity contribution is 0.0955. The predicted octanol–water partition coefficient (Wildman–Crippen LogP) is 3.42. The fourth-order valence-electron chi connectivity index (χ4n) is 1.63. The monoisotopic (exact) mass is 320 g/mol. The first kappa shape index (κ1) is 13.5. The van der Waals surface area contributed by atoms with Gasteiger partial charge < -0.3 is 4.42 Å². The second-order valence-electron chi connectivity index (χ2n) is 4.08. The Kier molecular flexibility index (Phi) is 4.16. The van der Waals surface area contributed by atoms with Crippen molar-refractivity contribution in [2.75, 3.05) is 0 Å². The number of nitrogens with zero attached hydrogens (tertiary/aromatic N) is 1. The van der Waals surface area contributed by atoms with Crippen molar-refractivity contribution in [3.63, 3.8) is 0 Å². The zero-order chi connectivity index (χ0) is 13.8. The Labute approximate surface area is 119 Å². The molecule has 5 heteroatoms. The zero-order valence-electron chi connectivity index (χ0n) is 10.6. The predicted molar refractivity (Wildman–Crippen MR) is 77.4 cm³/mol. The molecule has 0 aliphatic rings. The van der Waals surface area contributed by atoms with Crippen molar-refractivity contribution in [2.45, 2.75) is 13.8 Å². The number of carbonyl (C=O) groups is 1. The number of furan rings is 1. The number of benzene rings is 1. The van der Waals surface area contributed by atoms with Crippen molar-refractivity contribution < 1.29 is 9.21 Å². The number of hydrazone groups is 1. The van der Waals surface area contributed by atoms with Crippen LogP contribution in [-0.4, -0.2) is 12.1 Å². The highest BCUT2D eigenvalue weighted by molar-refractivity contribution is 9.10. The molecule has 0 spiro atoms. The van der Waals surface area contributed by atoms with Crippen LogP contribution in [0.25, 0.3) is 0 Å². The highest BCUT2D eigenvalue weighted by Gasteiger charge is 2.05. The van der Waals surface area contributed by atoms with Crippen LogP contribution in [0.1, 0.15) is 27.4 Å². The lowest BCUT2D eigenvalue weighted by Crippen LogP contribution is -2.17. The lowest BCUT2D eigenvalue weighted by atomic mass is 10.2. The van der Waals surface area contributed by atoms with E-state index < -0.39 is 0 Å². The van der Waals surface area contributed by atoms with Gasteiger partial charge in [0.05, 0.1) is 6.21 Å². The highest BCUT2D eigenvalue weighted by Crippen LogP contribution is 2.12. The summed E-state index contributed by atoms with van der Waals surface area (Å²) < 4.78 is 6.21. The van der Waals surface area contributed by atoms with Gasteiger partial charge in [-0.05, 0) is 38.1 Å². The minimum atomic E-state index is -0.254. The minimum Gasteiger partial charge on any atom is -0.466 e. The number of carbonyl (C=O) groups excluding carboxylic acids is 1. The lowest BCUT2D eigenvalue weighted by Gasteiger charge is -1.99. The summed E-state index contributed by atoms with van der Waals surface area (Å²) in [4.78, 5) is 11.8. The topological polar surface area (TPSA) is 54.6 Å². The van der Waals surface area contributed by atoms with E-state index in [2.05, 4.69) is 26.5 Å². The number of hydrogen-bond acceptors (Lipinski definition) is 3. The molecule has 0 bridgehead atoms. The summed E-state index contributed by atoms with van der Waals surface area (Å²) >= 11 is 3.32. The number of nitrogens with one attached hydrogen (secondary N) is 1. The molecule has 2 rings (SSSR count). The van der Waals surface area contributed by atoms with E-state index in [1.165, 1.54) is 0 Å². The maximum atomic E-state index is 11.8. The molecule has 0 radical (unpaired) electrons. The second-order valence-corrected chi connectivity index (χ2v) is 4.99. The van der Waals surface area contributed by atoms with Crippen molar-refractivity contribution in [2.24, 2.45) is 5.10 Å². The first-order valence-corrected chi connectivity index (χ1v) is 6.51. The molecule has 1 amide bonds. The Bertz CT molecular complexity index is 632. The number of aryl methyl sites for hydroxylation is 2. The van der Waals surface area contributed by atoms with E-state index in [1.807, 2.05) is 26.0 Å². The molecule has 98 valence electrons. The quantitative estimate of drug-likeness (QED) is 0.696. The van der Waals surface area contributed by atoms with Gasteiger partial charge in [0, 0.05) is 15.6 Å². The third-order valence-electron chi connectivity index (χ3n) is 2.54. The van der Waals surface area contributed by atoms with Gasteiger partial charge in [0.1, 0.15) is 11.5 Å². The Hall–Kier alpha value is -1.88. The standard InChI is InChI=1S/C14H13BrN2O2/c1-9-6-12(10(2)19-9)8-16-17-14(18)11-4-3-5-13(15)7-11/h3-8H,1-2H3,(H,17,18)/b16-8+. The van der Waals surface area contributed by atoms with Crippen molar-refractivity contribution in [1.29, 1.82) is 0 Å². The van der Waals surface area contributed by atoms with E-state index >= 15 is 0 Å². The van der Waals surface area contributed by atoms with Crippen molar-refractivity contribution in [3.8, 4) is 0 Å². The molecular weight excluding hydrogens is 308 g/mol. The molecule has 0 atom stereocenters. The van der Waals surface area contributed by atoms with Gasteiger partial charge in [-0.3, -0.25) is 4.79 Å². The Morgan fingerprint density at radius 3 is 2.79 bits per heavy atom. The van der Waals surface area contributed by atoms with E-state index in [0.29, 0.717) is 5.56 Å². The fraction of sp³-hybridized carbons (Fsp3) is 0.143. The maximum absolute atomic E-state index is 11.8. The zero-order valence-corrected chi connectivity index (χ0v) is 12.2. The van der Waals surface area contributed by atoms with Crippen LogP contribution in [0, 0.1) is 13.8 Å². The molecule has 1 aromatic heterocycles. The normalized spacial score (nSPS) is 10.9. The summed E-state index contributed by atoms with van der Waals surface area (Å²) in [6.45, 7) is 3.72. The van der Waals surface area contributed by atoms with Gasteiger partial charge in [-0.2, -0.15) is 5.10 Å². The number of amides is 1. The van der Waals surface area contributed by atoms with Gasteiger partial charge in [0.2, 0.25) is 0 Å². The Morgan fingerprint density at radius 2 is 2.16 bits per heavy atom. The first-order valence-electron chi connectivity index (χ1n) is 5.72. The molecule has 19 heavy (non-hydrogen) atoms. The third-order valence-corrected chi connectivity index (χ3v) is 3.03. The molecule has 0 saturated heterocycles. The molecule has 1 N–H and O–H groups in total. The average Bonchev–Trinajstić information content (AvgIpc) is 2.68. The minimum absolute atomic E-state index is 0.254. The molecule has 0 aliphatic carbocycles. The van der Waals surface area contributed by atoms with Crippen molar-refractivity contribution in [1.82, 2.24) is 5.43 Å². The summed E-state index contributed by atoms with van der Waals surface area (Å²) in [5.74, 6) is 1.34. The van der Waals surface area contributed by atoms with Crippen LogP contribution in [0.5, 0.6) is 0 Å². The summed E-state index contributed by atoms with van der Waals surface area (Å²) in [7, 11) is 0. The van der Waals surface area contributed by atoms with Gasteiger partial charge in [-0.25, -0.2) is 5.43 Å². The van der Waals surface area contributed by atoms with Crippen molar-refractivity contribution in [3.05, 3.63) is 57.5 Å². The highest BCUT2D eigenvalue weighted by atomic mass is 79.9. The Morgan fingerprint density at radius 1 is 1.37 bits per heavy atom. The Balaban J connectivity index is 2.03. The van der Waals surface area contributed by atoms with Gasteiger partial charge >= 0.3 is 0 Å². The van der Waals surface area contributed by atoms with Crippen LogP contribution in [0.15, 0.2) is 44.3 Å². The molecular formula is C14H13BrN2O2. The van der Waals surface area contributed by atoms with Crippen LogP contribution < -0.4 is 5.43 Å². The second kappa shape index (κ2) is 5.84.